The minimum absolute atomic E-state index is 0.0768. The molecule has 4 atom stereocenters. The molecule has 0 spiro atoms. The predicted molar refractivity (Wildman–Crippen MR) is 185 cm³/mol. The van der Waals surface area contributed by atoms with Gasteiger partial charge in [-0.15, -0.1) is 0 Å². The van der Waals surface area contributed by atoms with Crippen LogP contribution in [0.2, 0.25) is 0 Å². The van der Waals surface area contributed by atoms with Gasteiger partial charge in [-0.3, -0.25) is 0 Å². The summed E-state index contributed by atoms with van der Waals surface area (Å²) >= 11 is 0. The summed E-state index contributed by atoms with van der Waals surface area (Å²) in [7, 11) is 0. The fourth-order valence-electron chi connectivity index (χ4n) is 7.05. The van der Waals surface area contributed by atoms with Crippen molar-refractivity contribution >= 4 is 0 Å². The molecule has 0 aromatic heterocycles. The Bertz CT molecular complexity index is 1270. The van der Waals surface area contributed by atoms with Gasteiger partial charge >= 0.3 is 0 Å². The van der Waals surface area contributed by atoms with Crippen molar-refractivity contribution < 1.29 is 4.74 Å². The molecule has 0 N–H and O–H groups in total. The fourth-order valence-corrected chi connectivity index (χ4v) is 7.05. The summed E-state index contributed by atoms with van der Waals surface area (Å²) in [4.78, 5) is 0. The van der Waals surface area contributed by atoms with E-state index in [4.69, 9.17) is 4.74 Å². The summed E-state index contributed by atoms with van der Waals surface area (Å²) < 4.78 is 7.53. The maximum absolute atomic E-state index is 7.53. The first-order chi connectivity index (χ1) is 21.0. The highest BCUT2D eigenvalue weighted by atomic mass is 16.5. The number of rotatable bonds is 16. The molecule has 43 heavy (non-hydrogen) atoms. The highest BCUT2D eigenvalue weighted by Gasteiger charge is 2.31. The van der Waals surface area contributed by atoms with Crippen LogP contribution in [0.25, 0.3) is 0 Å². The van der Waals surface area contributed by atoms with Gasteiger partial charge in [-0.05, 0) is 95.9 Å². The van der Waals surface area contributed by atoms with Crippen molar-refractivity contribution in [1.82, 2.24) is 0 Å². The van der Waals surface area contributed by atoms with Crippen molar-refractivity contribution in [1.29, 1.82) is 0 Å². The lowest BCUT2D eigenvalue weighted by molar-refractivity contribution is -0.0401. The van der Waals surface area contributed by atoms with Crippen molar-refractivity contribution in [3.8, 4) is 0 Å². The fraction of sp³-hybridized carbons (Fsp3) is 0.429. The van der Waals surface area contributed by atoms with Crippen LogP contribution < -0.4 is 0 Å². The molecule has 0 aliphatic rings. The van der Waals surface area contributed by atoms with E-state index in [0.29, 0.717) is 11.8 Å². The molecule has 4 aromatic carbocycles. The summed E-state index contributed by atoms with van der Waals surface area (Å²) in [5.74, 6) is 0.642. The molecule has 0 aliphatic carbocycles. The molecular formula is C42H54O. The number of hydrogen-bond acceptors (Lipinski definition) is 1. The lowest BCUT2D eigenvalue weighted by atomic mass is 9.84. The molecule has 0 radical (unpaired) electrons. The Morgan fingerprint density at radius 2 is 0.814 bits per heavy atom. The van der Waals surface area contributed by atoms with Crippen molar-refractivity contribution in [2.45, 2.75) is 117 Å². The van der Waals surface area contributed by atoms with Gasteiger partial charge < -0.3 is 4.74 Å². The summed E-state index contributed by atoms with van der Waals surface area (Å²) in [5, 5.41) is 0. The van der Waals surface area contributed by atoms with Gasteiger partial charge in [0.05, 0.1) is 12.2 Å². The minimum Gasteiger partial charge on any atom is -0.373 e. The van der Waals surface area contributed by atoms with Gasteiger partial charge in [-0.2, -0.15) is 0 Å². The van der Waals surface area contributed by atoms with Crippen LogP contribution in [0.15, 0.2) is 97.1 Å². The lowest BCUT2D eigenvalue weighted by Gasteiger charge is -2.35. The maximum atomic E-state index is 7.53. The molecule has 0 aliphatic heterocycles. The van der Waals surface area contributed by atoms with Gasteiger partial charge in [0.25, 0.3) is 0 Å². The first-order valence-electron chi connectivity index (χ1n) is 17.0. The average Bonchev–Trinajstić information content (AvgIpc) is 3.06. The van der Waals surface area contributed by atoms with E-state index in [1.54, 1.807) is 0 Å². The Hall–Kier alpha value is -3.16. The van der Waals surface area contributed by atoms with Gasteiger partial charge in [0.15, 0.2) is 0 Å². The third-order valence-electron chi connectivity index (χ3n) is 9.52. The second-order valence-corrected chi connectivity index (χ2v) is 12.1. The molecule has 0 fully saturated rings. The van der Waals surface area contributed by atoms with Crippen LogP contribution in [0.5, 0.6) is 0 Å². The molecule has 1 heteroatoms. The molecule has 0 amide bonds. The SMILES string of the molecule is CCc1ccc(CC(OC(Cc2ccc(CC)c(CC)c2)C(CC)c2ccccc2)C(CC)c2ccccc2)cc1CC. The summed E-state index contributed by atoms with van der Waals surface area (Å²) in [5.41, 5.74) is 11.4. The smallest absolute Gasteiger partial charge is 0.0687 e. The van der Waals surface area contributed by atoms with Crippen LogP contribution in [0, 0.1) is 0 Å². The Balaban J connectivity index is 1.77. The Labute approximate surface area is 262 Å². The topological polar surface area (TPSA) is 9.23 Å². The van der Waals surface area contributed by atoms with E-state index in [1.165, 1.54) is 44.5 Å². The number of benzene rings is 4. The van der Waals surface area contributed by atoms with Crippen molar-refractivity contribution in [2.75, 3.05) is 0 Å². The molecule has 4 aromatic rings. The largest absolute Gasteiger partial charge is 0.373 e. The second-order valence-electron chi connectivity index (χ2n) is 12.1. The lowest BCUT2D eigenvalue weighted by Crippen LogP contribution is -2.34. The first-order valence-corrected chi connectivity index (χ1v) is 17.0. The van der Waals surface area contributed by atoms with Crippen molar-refractivity contribution in [3.63, 3.8) is 0 Å². The summed E-state index contributed by atoms with van der Waals surface area (Å²) in [6.45, 7) is 13.7. The first kappa shape index (κ1) is 32.7. The molecule has 4 unspecified atom stereocenters. The average molecular weight is 575 g/mol. The monoisotopic (exact) mass is 574 g/mol. The molecular weight excluding hydrogens is 520 g/mol. The van der Waals surface area contributed by atoms with Gasteiger partial charge in [-0.1, -0.05) is 139 Å². The summed E-state index contributed by atoms with van der Waals surface area (Å²) in [6.07, 6.45) is 8.38. The highest BCUT2D eigenvalue weighted by molar-refractivity contribution is 5.35. The van der Waals surface area contributed by atoms with E-state index in [9.17, 15) is 0 Å². The van der Waals surface area contributed by atoms with E-state index in [2.05, 4.69) is 139 Å². The zero-order valence-electron chi connectivity index (χ0n) is 27.6. The van der Waals surface area contributed by atoms with Crippen LogP contribution in [-0.2, 0) is 43.3 Å². The van der Waals surface area contributed by atoms with Crippen LogP contribution in [0.1, 0.15) is 111 Å². The van der Waals surface area contributed by atoms with E-state index in [-0.39, 0.29) is 12.2 Å². The van der Waals surface area contributed by atoms with Gasteiger partial charge in [-0.25, -0.2) is 0 Å². The van der Waals surface area contributed by atoms with Crippen LogP contribution in [-0.4, -0.2) is 12.2 Å². The highest BCUT2D eigenvalue weighted by Crippen LogP contribution is 2.35. The van der Waals surface area contributed by atoms with E-state index in [1.807, 2.05) is 0 Å². The number of aryl methyl sites for hydroxylation is 4. The van der Waals surface area contributed by atoms with Gasteiger partial charge in [0.1, 0.15) is 0 Å². The zero-order chi connectivity index (χ0) is 30.6. The van der Waals surface area contributed by atoms with Crippen molar-refractivity contribution in [2.24, 2.45) is 0 Å². The van der Waals surface area contributed by atoms with Crippen LogP contribution in [0.3, 0.4) is 0 Å². The Morgan fingerprint density at radius 1 is 0.442 bits per heavy atom. The predicted octanol–water partition coefficient (Wildman–Crippen LogP) is 10.9. The number of ether oxygens (including phenoxy) is 1. The molecule has 0 bridgehead atoms. The van der Waals surface area contributed by atoms with Crippen LogP contribution in [0.4, 0.5) is 0 Å². The molecule has 0 saturated carbocycles. The van der Waals surface area contributed by atoms with Gasteiger partial charge in [0, 0.05) is 11.8 Å². The number of hydrogen-bond donors (Lipinski definition) is 0. The maximum Gasteiger partial charge on any atom is 0.0687 e. The molecule has 228 valence electrons. The van der Waals surface area contributed by atoms with E-state index >= 15 is 0 Å². The quantitative estimate of drug-likeness (QED) is 0.129. The van der Waals surface area contributed by atoms with E-state index in [0.717, 1.165) is 51.4 Å². The van der Waals surface area contributed by atoms with Crippen molar-refractivity contribution in [3.05, 3.63) is 142 Å². The minimum atomic E-state index is 0.0768. The Morgan fingerprint density at radius 3 is 1.14 bits per heavy atom. The normalized spacial score (nSPS) is 14.3. The van der Waals surface area contributed by atoms with E-state index < -0.39 is 0 Å². The zero-order valence-corrected chi connectivity index (χ0v) is 27.6. The van der Waals surface area contributed by atoms with Gasteiger partial charge in [0.2, 0.25) is 0 Å². The molecule has 4 rings (SSSR count). The van der Waals surface area contributed by atoms with Crippen LogP contribution >= 0.6 is 0 Å². The standard InChI is InChI=1S/C42H54O/c1-7-33-25-23-31(27-35(33)9-3)29-41(39(11-5)37-19-15-13-16-20-37)43-42(40(12-6)38-21-17-14-18-22-38)30-32-24-26-34(8-2)36(10-4)28-32/h13-28,39-42H,7-12,29-30H2,1-6H3. The molecule has 0 saturated heterocycles. The third-order valence-corrected chi connectivity index (χ3v) is 9.52. The molecule has 0 heterocycles. The second kappa shape index (κ2) is 16.6. The third kappa shape index (κ3) is 8.48. The summed E-state index contributed by atoms with van der Waals surface area (Å²) in [6, 6.07) is 36.5. The molecule has 1 nitrogen and oxygen atoms in total. The Kier molecular flexibility index (Phi) is 12.7.